The first-order valence-corrected chi connectivity index (χ1v) is 6.84. The van der Waals surface area contributed by atoms with E-state index in [-0.39, 0.29) is 5.02 Å². The quantitative estimate of drug-likeness (QED) is 0.869. The van der Waals surface area contributed by atoms with E-state index in [1.54, 1.807) is 12.1 Å². The van der Waals surface area contributed by atoms with Crippen molar-refractivity contribution >= 4 is 17.4 Å². The van der Waals surface area contributed by atoms with Gasteiger partial charge in [-0.25, -0.2) is 4.39 Å². The second-order valence-corrected chi connectivity index (χ2v) is 5.39. The van der Waals surface area contributed by atoms with Crippen LogP contribution in [0.25, 0.3) is 11.1 Å². The highest BCUT2D eigenvalue weighted by Gasteiger charge is 2.26. The lowest BCUT2D eigenvalue weighted by Gasteiger charge is -2.11. The average molecular weight is 280 g/mol. The Kier molecular flexibility index (Phi) is 3.19. The normalized spacial score (nSPS) is 16.1. The fourth-order valence-corrected chi connectivity index (χ4v) is 3.03. The van der Waals surface area contributed by atoms with Crippen molar-refractivity contribution in [2.75, 3.05) is 5.73 Å². The van der Waals surface area contributed by atoms with Crippen LogP contribution in [-0.4, -0.2) is 10.2 Å². The molecule has 3 nitrogen and oxygen atoms in total. The number of nitrogens with two attached hydrogens (primary N) is 1. The van der Waals surface area contributed by atoms with E-state index in [2.05, 4.69) is 10.2 Å². The fraction of sp³-hybridized carbons (Fsp3) is 0.357. The van der Waals surface area contributed by atoms with Crippen molar-refractivity contribution in [2.45, 2.75) is 31.6 Å². The molecule has 3 rings (SSSR count). The number of aromatic nitrogens is 2. The van der Waals surface area contributed by atoms with Crippen molar-refractivity contribution < 1.29 is 4.39 Å². The van der Waals surface area contributed by atoms with Gasteiger partial charge in [-0.05, 0) is 18.9 Å². The standard InChI is InChI=1S/C14H15ClFN3/c15-10-7-3-6-9(12(10)16)11-13(18-19-14(11)17)8-4-1-2-5-8/h3,6-8H,1-2,4-5H2,(H3,17,18,19). The molecule has 1 saturated carbocycles. The largest absolute Gasteiger partial charge is 0.382 e. The number of anilines is 1. The van der Waals surface area contributed by atoms with E-state index in [0.717, 1.165) is 18.5 Å². The molecule has 0 spiro atoms. The molecule has 1 heterocycles. The maximum Gasteiger partial charge on any atom is 0.153 e. The second kappa shape index (κ2) is 4.85. The van der Waals surface area contributed by atoms with Gasteiger partial charge in [-0.1, -0.05) is 36.6 Å². The summed E-state index contributed by atoms with van der Waals surface area (Å²) in [5, 5.41) is 7.13. The number of hydrogen-bond acceptors (Lipinski definition) is 2. The minimum atomic E-state index is -0.434. The monoisotopic (exact) mass is 279 g/mol. The third-order valence-corrected chi connectivity index (χ3v) is 4.10. The van der Waals surface area contributed by atoms with Gasteiger partial charge in [0.2, 0.25) is 0 Å². The molecule has 1 aromatic heterocycles. The lowest BCUT2D eigenvalue weighted by molar-refractivity contribution is 0.630. The zero-order valence-electron chi connectivity index (χ0n) is 10.4. The SMILES string of the molecule is Nc1n[nH]c(C2CCCC2)c1-c1cccc(Cl)c1F. The molecule has 3 N–H and O–H groups in total. The number of hydrogen-bond donors (Lipinski definition) is 2. The van der Waals surface area contributed by atoms with Crippen LogP contribution in [0.2, 0.25) is 5.02 Å². The van der Waals surface area contributed by atoms with Crippen LogP contribution in [0.1, 0.15) is 37.3 Å². The highest BCUT2D eigenvalue weighted by molar-refractivity contribution is 6.31. The van der Waals surface area contributed by atoms with Gasteiger partial charge in [0.15, 0.2) is 5.82 Å². The van der Waals surface area contributed by atoms with Crippen molar-refractivity contribution in [2.24, 2.45) is 0 Å². The van der Waals surface area contributed by atoms with Crippen molar-refractivity contribution in [3.8, 4) is 11.1 Å². The summed E-state index contributed by atoms with van der Waals surface area (Å²) < 4.78 is 14.2. The van der Waals surface area contributed by atoms with Gasteiger partial charge in [-0.2, -0.15) is 5.10 Å². The molecule has 0 unspecified atom stereocenters. The van der Waals surface area contributed by atoms with E-state index >= 15 is 0 Å². The van der Waals surface area contributed by atoms with Gasteiger partial charge in [-0.3, -0.25) is 5.10 Å². The molecule has 5 heteroatoms. The maximum absolute atomic E-state index is 14.2. The Labute approximate surface area is 116 Å². The topological polar surface area (TPSA) is 54.7 Å². The summed E-state index contributed by atoms with van der Waals surface area (Å²) in [6, 6.07) is 4.96. The Morgan fingerprint density at radius 1 is 1.32 bits per heavy atom. The minimum Gasteiger partial charge on any atom is -0.382 e. The summed E-state index contributed by atoms with van der Waals surface area (Å²) in [5.41, 5.74) is 7.95. The molecule has 19 heavy (non-hydrogen) atoms. The lowest BCUT2D eigenvalue weighted by atomic mass is 9.95. The van der Waals surface area contributed by atoms with E-state index in [0.29, 0.717) is 22.9 Å². The van der Waals surface area contributed by atoms with Crippen LogP contribution in [0.4, 0.5) is 10.2 Å². The van der Waals surface area contributed by atoms with Gasteiger partial charge in [0, 0.05) is 22.7 Å². The Hall–Kier alpha value is -1.55. The number of rotatable bonds is 2. The predicted octanol–water partition coefficient (Wildman–Crippen LogP) is 4.11. The third-order valence-electron chi connectivity index (χ3n) is 3.81. The number of H-pyrrole nitrogens is 1. The molecule has 0 aliphatic heterocycles. The number of nitrogens with zero attached hydrogens (tertiary/aromatic N) is 1. The van der Waals surface area contributed by atoms with Crippen LogP contribution in [-0.2, 0) is 0 Å². The Morgan fingerprint density at radius 3 is 2.79 bits per heavy atom. The number of halogens is 2. The molecule has 0 bridgehead atoms. The van der Waals surface area contributed by atoms with Gasteiger partial charge in [-0.15, -0.1) is 0 Å². The highest BCUT2D eigenvalue weighted by atomic mass is 35.5. The number of nitrogens with one attached hydrogen (secondary N) is 1. The molecule has 0 radical (unpaired) electrons. The van der Waals surface area contributed by atoms with Crippen molar-refractivity contribution in [3.63, 3.8) is 0 Å². The summed E-state index contributed by atoms with van der Waals surface area (Å²) in [6.45, 7) is 0. The number of aromatic amines is 1. The average Bonchev–Trinajstić information content (AvgIpc) is 3.02. The van der Waals surface area contributed by atoms with Crippen molar-refractivity contribution in [1.82, 2.24) is 10.2 Å². The third kappa shape index (κ3) is 2.10. The molecule has 2 aromatic rings. The molecule has 100 valence electrons. The van der Waals surface area contributed by atoms with Crippen LogP contribution >= 0.6 is 11.6 Å². The zero-order valence-corrected chi connectivity index (χ0v) is 11.2. The van der Waals surface area contributed by atoms with Gasteiger partial charge < -0.3 is 5.73 Å². The summed E-state index contributed by atoms with van der Waals surface area (Å²) in [7, 11) is 0. The summed E-state index contributed by atoms with van der Waals surface area (Å²) in [6.07, 6.45) is 4.58. The van der Waals surface area contributed by atoms with E-state index in [1.165, 1.54) is 18.9 Å². The second-order valence-electron chi connectivity index (χ2n) is 4.98. The van der Waals surface area contributed by atoms with Crippen molar-refractivity contribution in [3.05, 3.63) is 34.7 Å². The molecule has 1 aliphatic carbocycles. The first kappa shape index (κ1) is 12.5. The molecule has 0 amide bonds. The zero-order chi connectivity index (χ0) is 13.4. The minimum absolute atomic E-state index is 0.107. The molecule has 1 fully saturated rings. The number of nitrogen functional groups attached to an aromatic ring is 1. The van der Waals surface area contributed by atoms with Gasteiger partial charge in [0.1, 0.15) is 5.82 Å². The molecule has 1 aliphatic rings. The lowest BCUT2D eigenvalue weighted by Crippen LogP contribution is -1.98. The van der Waals surface area contributed by atoms with Crippen LogP contribution in [0.3, 0.4) is 0 Å². The fourth-order valence-electron chi connectivity index (χ4n) is 2.86. The van der Waals surface area contributed by atoms with E-state index < -0.39 is 5.82 Å². The van der Waals surface area contributed by atoms with E-state index in [9.17, 15) is 4.39 Å². The summed E-state index contributed by atoms with van der Waals surface area (Å²) in [5.74, 6) is 0.290. The first-order valence-electron chi connectivity index (χ1n) is 6.46. The predicted molar refractivity (Wildman–Crippen MR) is 74.6 cm³/mol. The van der Waals surface area contributed by atoms with E-state index in [1.807, 2.05) is 0 Å². The van der Waals surface area contributed by atoms with Crippen LogP contribution in [0.5, 0.6) is 0 Å². The van der Waals surface area contributed by atoms with Gasteiger partial charge in [0.25, 0.3) is 0 Å². The van der Waals surface area contributed by atoms with E-state index in [4.69, 9.17) is 17.3 Å². The Morgan fingerprint density at radius 2 is 2.05 bits per heavy atom. The number of benzene rings is 1. The molecule has 1 aromatic carbocycles. The summed E-state index contributed by atoms with van der Waals surface area (Å²) >= 11 is 5.85. The molecular formula is C14H15ClFN3. The maximum atomic E-state index is 14.2. The Balaban J connectivity index is 2.13. The highest BCUT2D eigenvalue weighted by Crippen LogP contribution is 2.41. The van der Waals surface area contributed by atoms with Crippen molar-refractivity contribution in [1.29, 1.82) is 0 Å². The molecule has 0 atom stereocenters. The van der Waals surface area contributed by atoms with Gasteiger partial charge >= 0.3 is 0 Å². The smallest absolute Gasteiger partial charge is 0.153 e. The van der Waals surface area contributed by atoms with Crippen LogP contribution in [0, 0.1) is 5.82 Å². The van der Waals surface area contributed by atoms with Crippen LogP contribution in [0.15, 0.2) is 18.2 Å². The molecule has 0 saturated heterocycles. The van der Waals surface area contributed by atoms with Gasteiger partial charge in [0.05, 0.1) is 5.02 Å². The molecular weight excluding hydrogens is 265 g/mol. The Bertz CT molecular complexity index is 603. The van der Waals surface area contributed by atoms with Crippen LogP contribution < -0.4 is 5.73 Å². The first-order chi connectivity index (χ1) is 9.18. The summed E-state index contributed by atoms with van der Waals surface area (Å²) in [4.78, 5) is 0.